The Kier molecular flexibility index (Phi) is 6.62. The number of carbonyl (C=O) groups excluding carboxylic acids is 3. The average molecular weight is 526 g/mol. The zero-order valence-electron chi connectivity index (χ0n) is 17.5. The first-order chi connectivity index (χ1) is 15.8. The maximum atomic E-state index is 13.1. The van der Waals surface area contributed by atoms with Crippen LogP contribution in [-0.2, 0) is 16.2 Å². The standard InChI is InChI=1S/C25H18BrClN2O4/c1-15-3-2-4-16(11-15)14-33-22-10-7-19(27)12-17(22)13-21-23(30)28-25(32)29(24(21)31)20-8-5-18(26)6-9-20/h2-13H,14H2,1H3,(H,28,30,32)/b21-13+. The van der Waals surface area contributed by atoms with E-state index < -0.39 is 17.8 Å². The number of benzene rings is 3. The van der Waals surface area contributed by atoms with Gasteiger partial charge >= 0.3 is 6.03 Å². The summed E-state index contributed by atoms with van der Waals surface area (Å²) >= 11 is 9.49. The van der Waals surface area contributed by atoms with Crippen molar-refractivity contribution in [2.24, 2.45) is 0 Å². The molecule has 0 aliphatic carbocycles. The SMILES string of the molecule is Cc1cccc(COc2ccc(Cl)cc2/C=C2\C(=O)NC(=O)N(c3ccc(Br)cc3)C2=O)c1. The molecule has 1 fully saturated rings. The van der Waals surface area contributed by atoms with Gasteiger partial charge in [-0.25, -0.2) is 9.69 Å². The Morgan fingerprint density at radius 1 is 1.03 bits per heavy atom. The third-order valence-electron chi connectivity index (χ3n) is 4.93. The molecule has 8 heteroatoms. The van der Waals surface area contributed by atoms with Gasteiger partial charge in [0.25, 0.3) is 11.8 Å². The number of urea groups is 1. The number of amides is 4. The molecule has 1 saturated heterocycles. The van der Waals surface area contributed by atoms with Crippen LogP contribution in [0.15, 0.2) is 76.8 Å². The molecular formula is C25H18BrClN2O4. The Hall–Kier alpha value is -3.42. The van der Waals surface area contributed by atoms with E-state index in [9.17, 15) is 14.4 Å². The van der Waals surface area contributed by atoms with Gasteiger partial charge in [0.1, 0.15) is 17.9 Å². The number of rotatable bonds is 5. The Bertz CT molecular complexity index is 1290. The number of barbiturate groups is 1. The number of aryl methyl sites for hydroxylation is 1. The molecule has 0 spiro atoms. The molecular weight excluding hydrogens is 508 g/mol. The van der Waals surface area contributed by atoms with Gasteiger partial charge in [0.15, 0.2) is 0 Å². The molecule has 0 saturated carbocycles. The quantitative estimate of drug-likeness (QED) is 0.345. The topological polar surface area (TPSA) is 75.7 Å². The summed E-state index contributed by atoms with van der Waals surface area (Å²) in [5.41, 5.74) is 2.65. The van der Waals surface area contributed by atoms with Gasteiger partial charge in [-0.2, -0.15) is 0 Å². The van der Waals surface area contributed by atoms with Crippen LogP contribution in [0, 0.1) is 6.92 Å². The van der Waals surface area contributed by atoms with Crippen LogP contribution in [0.1, 0.15) is 16.7 Å². The van der Waals surface area contributed by atoms with Crippen molar-refractivity contribution in [2.45, 2.75) is 13.5 Å². The van der Waals surface area contributed by atoms with Gasteiger partial charge in [0.05, 0.1) is 5.69 Å². The molecule has 6 nitrogen and oxygen atoms in total. The lowest BCUT2D eigenvalue weighted by Gasteiger charge is -2.26. The van der Waals surface area contributed by atoms with Crippen LogP contribution in [-0.4, -0.2) is 17.8 Å². The van der Waals surface area contributed by atoms with Crippen molar-refractivity contribution >= 4 is 57.1 Å². The minimum absolute atomic E-state index is 0.208. The first-order valence-electron chi connectivity index (χ1n) is 9.97. The van der Waals surface area contributed by atoms with Gasteiger partial charge in [-0.3, -0.25) is 14.9 Å². The number of anilines is 1. The van der Waals surface area contributed by atoms with Crippen molar-refractivity contribution in [3.8, 4) is 5.75 Å². The normalized spacial score (nSPS) is 15.1. The third kappa shape index (κ3) is 5.16. The minimum Gasteiger partial charge on any atom is -0.488 e. The van der Waals surface area contributed by atoms with Crippen molar-refractivity contribution in [3.05, 3.63) is 98.5 Å². The molecule has 0 radical (unpaired) electrons. The van der Waals surface area contributed by atoms with E-state index in [-0.39, 0.29) is 5.57 Å². The first kappa shape index (κ1) is 22.8. The summed E-state index contributed by atoms with van der Waals surface area (Å²) in [7, 11) is 0. The number of imide groups is 2. The van der Waals surface area contributed by atoms with Crippen molar-refractivity contribution in [1.29, 1.82) is 0 Å². The van der Waals surface area contributed by atoms with E-state index in [0.29, 0.717) is 28.6 Å². The maximum absolute atomic E-state index is 13.1. The average Bonchev–Trinajstić information content (AvgIpc) is 2.77. The molecule has 1 heterocycles. The number of ether oxygens (including phenoxy) is 1. The highest BCUT2D eigenvalue weighted by molar-refractivity contribution is 9.10. The van der Waals surface area contributed by atoms with Gasteiger partial charge < -0.3 is 4.74 Å². The number of hydrogen-bond donors (Lipinski definition) is 1. The molecule has 33 heavy (non-hydrogen) atoms. The molecule has 3 aromatic rings. The van der Waals surface area contributed by atoms with E-state index >= 15 is 0 Å². The second-order valence-electron chi connectivity index (χ2n) is 7.39. The Labute approximate surface area is 203 Å². The van der Waals surface area contributed by atoms with Gasteiger partial charge in [-0.1, -0.05) is 57.4 Å². The van der Waals surface area contributed by atoms with Crippen molar-refractivity contribution in [2.75, 3.05) is 4.90 Å². The molecule has 0 atom stereocenters. The number of nitrogens with zero attached hydrogens (tertiary/aromatic N) is 1. The minimum atomic E-state index is -0.813. The van der Waals surface area contributed by atoms with Gasteiger partial charge in [-0.15, -0.1) is 0 Å². The molecule has 1 N–H and O–H groups in total. The molecule has 0 aromatic heterocycles. The molecule has 1 aliphatic heterocycles. The fraction of sp³-hybridized carbons (Fsp3) is 0.0800. The van der Waals surface area contributed by atoms with E-state index in [1.54, 1.807) is 42.5 Å². The van der Waals surface area contributed by atoms with Crippen molar-refractivity contribution < 1.29 is 19.1 Å². The van der Waals surface area contributed by atoms with Crippen LogP contribution < -0.4 is 15.0 Å². The lowest BCUT2D eigenvalue weighted by atomic mass is 10.1. The zero-order valence-corrected chi connectivity index (χ0v) is 19.8. The number of halogens is 2. The Morgan fingerprint density at radius 2 is 1.79 bits per heavy atom. The summed E-state index contributed by atoms with van der Waals surface area (Å²) in [6.07, 6.45) is 1.38. The van der Waals surface area contributed by atoms with E-state index in [4.69, 9.17) is 16.3 Å². The summed E-state index contributed by atoms with van der Waals surface area (Å²) in [6, 6.07) is 18.6. The molecule has 3 aromatic carbocycles. The molecule has 166 valence electrons. The molecule has 1 aliphatic rings. The Morgan fingerprint density at radius 3 is 2.52 bits per heavy atom. The predicted octanol–water partition coefficient (Wildman–Crippen LogP) is 5.66. The fourth-order valence-corrected chi connectivity index (χ4v) is 3.81. The molecule has 4 amide bonds. The maximum Gasteiger partial charge on any atom is 0.335 e. The number of nitrogens with one attached hydrogen (secondary N) is 1. The highest BCUT2D eigenvalue weighted by Gasteiger charge is 2.37. The monoisotopic (exact) mass is 524 g/mol. The lowest BCUT2D eigenvalue weighted by molar-refractivity contribution is -0.122. The predicted molar refractivity (Wildman–Crippen MR) is 130 cm³/mol. The highest BCUT2D eigenvalue weighted by Crippen LogP contribution is 2.29. The second-order valence-corrected chi connectivity index (χ2v) is 8.75. The van der Waals surface area contributed by atoms with Gasteiger partial charge in [0.2, 0.25) is 0 Å². The number of carbonyl (C=O) groups is 3. The van der Waals surface area contributed by atoms with Crippen LogP contribution in [0.5, 0.6) is 5.75 Å². The largest absolute Gasteiger partial charge is 0.488 e. The smallest absolute Gasteiger partial charge is 0.335 e. The van der Waals surface area contributed by atoms with Crippen LogP contribution in [0.4, 0.5) is 10.5 Å². The lowest BCUT2D eigenvalue weighted by Crippen LogP contribution is -2.54. The molecule has 4 rings (SSSR count). The molecule has 0 unspecified atom stereocenters. The summed E-state index contributed by atoms with van der Waals surface area (Å²) in [5, 5.41) is 2.63. The zero-order chi connectivity index (χ0) is 23.5. The summed E-state index contributed by atoms with van der Waals surface area (Å²) < 4.78 is 6.75. The summed E-state index contributed by atoms with van der Waals surface area (Å²) in [5.74, 6) is -1.08. The van der Waals surface area contributed by atoms with E-state index in [1.807, 2.05) is 31.2 Å². The van der Waals surface area contributed by atoms with E-state index in [2.05, 4.69) is 21.2 Å². The first-order valence-corrected chi connectivity index (χ1v) is 11.1. The summed E-state index contributed by atoms with van der Waals surface area (Å²) in [6.45, 7) is 2.29. The van der Waals surface area contributed by atoms with E-state index in [0.717, 1.165) is 20.5 Å². The number of hydrogen-bond acceptors (Lipinski definition) is 4. The highest BCUT2D eigenvalue weighted by atomic mass is 79.9. The van der Waals surface area contributed by atoms with Crippen LogP contribution in [0.2, 0.25) is 5.02 Å². The van der Waals surface area contributed by atoms with Crippen molar-refractivity contribution in [1.82, 2.24) is 5.32 Å². The fourth-order valence-electron chi connectivity index (χ4n) is 3.36. The van der Waals surface area contributed by atoms with Gasteiger partial charge in [0, 0.05) is 15.1 Å². The van der Waals surface area contributed by atoms with Crippen LogP contribution in [0.25, 0.3) is 6.08 Å². The molecule has 0 bridgehead atoms. The second kappa shape index (κ2) is 9.60. The van der Waals surface area contributed by atoms with E-state index in [1.165, 1.54) is 6.08 Å². The third-order valence-corrected chi connectivity index (χ3v) is 5.70. The van der Waals surface area contributed by atoms with Crippen LogP contribution in [0.3, 0.4) is 0 Å². The Balaban J connectivity index is 1.67. The van der Waals surface area contributed by atoms with Gasteiger partial charge in [-0.05, 0) is 61.0 Å². The van der Waals surface area contributed by atoms with Crippen LogP contribution >= 0.6 is 27.5 Å². The van der Waals surface area contributed by atoms with Crippen molar-refractivity contribution in [3.63, 3.8) is 0 Å². The summed E-state index contributed by atoms with van der Waals surface area (Å²) in [4.78, 5) is 39.0.